The number of hydrogen-bond acceptors (Lipinski definition) is 4. The first-order valence-electron chi connectivity index (χ1n) is 10.7. The van der Waals surface area contributed by atoms with Gasteiger partial charge in [0.1, 0.15) is 0 Å². The summed E-state index contributed by atoms with van der Waals surface area (Å²) in [7, 11) is -3.19. The number of sulfonamides is 1. The normalized spacial score (nSPS) is 24.1. The van der Waals surface area contributed by atoms with Crippen LogP contribution in [0.15, 0.2) is 30.3 Å². The van der Waals surface area contributed by atoms with Gasteiger partial charge in [0.05, 0.1) is 6.26 Å². The first-order valence-corrected chi connectivity index (χ1v) is 12.6. The zero-order valence-electron chi connectivity index (χ0n) is 17.7. The van der Waals surface area contributed by atoms with Gasteiger partial charge in [-0.05, 0) is 62.2 Å². The highest BCUT2D eigenvalue weighted by atomic mass is 32.2. The van der Waals surface area contributed by atoms with E-state index in [1.54, 1.807) is 0 Å². The van der Waals surface area contributed by atoms with Gasteiger partial charge in [0.15, 0.2) is 0 Å². The lowest BCUT2D eigenvalue weighted by atomic mass is 9.66. The maximum atomic E-state index is 11.8. The van der Waals surface area contributed by atoms with Crippen LogP contribution in [0.3, 0.4) is 0 Å². The van der Waals surface area contributed by atoms with Gasteiger partial charge >= 0.3 is 0 Å². The molecule has 1 atom stereocenters. The number of nitrogens with one attached hydrogen (secondary N) is 1. The van der Waals surface area contributed by atoms with Gasteiger partial charge in [-0.2, -0.15) is 0 Å². The van der Waals surface area contributed by atoms with Crippen molar-refractivity contribution in [2.24, 2.45) is 11.3 Å². The Morgan fingerprint density at radius 1 is 1.11 bits per heavy atom. The molecule has 0 saturated carbocycles. The van der Waals surface area contributed by atoms with E-state index in [-0.39, 0.29) is 11.5 Å². The summed E-state index contributed by atoms with van der Waals surface area (Å²) in [6.07, 6.45) is 6.02. The quantitative estimate of drug-likeness (QED) is 0.755. The van der Waals surface area contributed by atoms with E-state index < -0.39 is 10.0 Å². The van der Waals surface area contributed by atoms with E-state index in [0.29, 0.717) is 12.5 Å². The van der Waals surface area contributed by atoms with Crippen molar-refractivity contribution < 1.29 is 8.42 Å². The van der Waals surface area contributed by atoms with E-state index in [2.05, 4.69) is 52.6 Å². The number of hydrogen-bond donors (Lipinski definition) is 1. The number of nitrogens with zero attached hydrogens (tertiary/aromatic N) is 2. The zero-order valence-corrected chi connectivity index (χ0v) is 18.5. The first-order chi connectivity index (χ1) is 13.3. The Morgan fingerprint density at radius 3 is 2.39 bits per heavy atom. The Balaban J connectivity index is 1.77. The van der Waals surface area contributed by atoms with Crippen LogP contribution in [-0.2, 0) is 16.6 Å². The van der Waals surface area contributed by atoms with Crippen molar-refractivity contribution in [3.63, 3.8) is 0 Å². The molecule has 2 aliphatic heterocycles. The van der Waals surface area contributed by atoms with E-state index in [0.717, 1.165) is 32.7 Å². The van der Waals surface area contributed by atoms with Gasteiger partial charge in [-0.1, -0.05) is 44.2 Å². The average molecular weight is 408 g/mol. The SMILES string of the molecule is CC(C)CN1CCC2(CCCN(Cc3ccccc3)C2CNS(C)(=O)=O)CC1. The molecule has 158 valence electrons. The molecule has 2 aliphatic rings. The fourth-order valence-electron chi connectivity index (χ4n) is 5.21. The summed E-state index contributed by atoms with van der Waals surface area (Å²) in [5.41, 5.74) is 1.53. The van der Waals surface area contributed by atoms with Gasteiger partial charge in [0.2, 0.25) is 10.0 Å². The maximum absolute atomic E-state index is 11.8. The summed E-state index contributed by atoms with van der Waals surface area (Å²) in [5, 5.41) is 0. The molecule has 1 aromatic carbocycles. The summed E-state index contributed by atoms with van der Waals surface area (Å²) in [4.78, 5) is 5.13. The molecule has 2 saturated heterocycles. The third-order valence-corrected chi connectivity index (χ3v) is 7.20. The Hall–Kier alpha value is -0.950. The molecule has 1 unspecified atom stereocenters. The van der Waals surface area contributed by atoms with Crippen molar-refractivity contribution in [1.82, 2.24) is 14.5 Å². The van der Waals surface area contributed by atoms with Crippen molar-refractivity contribution in [3.05, 3.63) is 35.9 Å². The van der Waals surface area contributed by atoms with E-state index in [1.165, 1.54) is 37.5 Å². The molecule has 1 aromatic rings. The molecule has 2 heterocycles. The molecule has 2 fully saturated rings. The predicted octanol–water partition coefficient (Wildman–Crippen LogP) is 2.94. The Labute approximate surface area is 171 Å². The Morgan fingerprint density at radius 2 is 1.79 bits per heavy atom. The van der Waals surface area contributed by atoms with Crippen LogP contribution in [0, 0.1) is 11.3 Å². The van der Waals surface area contributed by atoms with Gasteiger partial charge in [-0.25, -0.2) is 13.1 Å². The topological polar surface area (TPSA) is 52.6 Å². The second-order valence-electron chi connectivity index (χ2n) is 9.25. The van der Waals surface area contributed by atoms with Crippen LogP contribution in [0.1, 0.15) is 45.1 Å². The fourth-order valence-corrected chi connectivity index (χ4v) is 5.67. The van der Waals surface area contributed by atoms with E-state index in [1.807, 2.05) is 6.07 Å². The van der Waals surface area contributed by atoms with Crippen molar-refractivity contribution >= 4 is 10.0 Å². The van der Waals surface area contributed by atoms with E-state index in [4.69, 9.17) is 0 Å². The summed E-state index contributed by atoms with van der Waals surface area (Å²) >= 11 is 0. The van der Waals surface area contributed by atoms with E-state index >= 15 is 0 Å². The smallest absolute Gasteiger partial charge is 0.208 e. The van der Waals surface area contributed by atoms with Gasteiger partial charge in [0, 0.05) is 25.7 Å². The van der Waals surface area contributed by atoms with Crippen LogP contribution in [0.2, 0.25) is 0 Å². The minimum atomic E-state index is -3.19. The number of likely N-dealkylation sites (tertiary alicyclic amines) is 2. The predicted molar refractivity (Wildman–Crippen MR) is 116 cm³/mol. The molecule has 0 aromatic heterocycles. The molecule has 1 spiro atoms. The molecule has 0 bridgehead atoms. The van der Waals surface area contributed by atoms with Crippen LogP contribution in [0.4, 0.5) is 0 Å². The Bertz CT molecular complexity index is 713. The molecule has 3 rings (SSSR count). The summed E-state index contributed by atoms with van der Waals surface area (Å²) < 4.78 is 26.5. The van der Waals surface area contributed by atoms with Crippen LogP contribution in [0.25, 0.3) is 0 Å². The number of piperidine rings is 2. The zero-order chi connectivity index (χ0) is 20.2. The third kappa shape index (κ3) is 5.78. The first kappa shape index (κ1) is 21.8. The van der Waals surface area contributed by atoms with Gasteiger partial charge < -0.3 is 4.90 Å². The summed E-state index contributed by atoms with van der Waals surface area (Å²) in [6, 6.07) is 10.8. The molecular formula is C22H37N3O2S. The maximum Gasteiger partial charge on any atom is 0.208 e. The highest BCUT2D eigenvalue weighted by molar-refractivity contribution is 7.88. The molecule has 0 aliphatic carbocycles. The standard InChI is InChI=1S/C22H37N3O2S/c1-19(2)17-24-14-11-22(12-15-24)10-7-13-25(18-20-8-5-4-6-9-20)21(22)16-23-28(3,26)27/h4-6,8-9,19,21,23H,7,10-18H2,1-3H3. The molecule has 0 radical (unpaired) electrons. The van der Waals surface area contributed by atoms with Crippen LogP contribution in [-0.4, -0.2) is 63.2 Å². The van der Waals surface area contributed by atoms with Crippen molar-refractivity contribution in [2.75, 3.05) is 39.0 Å². The third-order valence-electron chi connectivity index (χ3n) is 6.51. The van der Waals surface area contributed by atoms with Crippen molar-refractivity contribution in [1.29, 1.82) is 0 Å². The lowest BCUT2D eigenvalue weighted by Crippen LogP contribution is -2.59. The molecule has 5 nitrogen and oxygen atoms in total. The lowest BCUT2D eigenvalue weighted by Gasteiger charge is -2.54. The molecule has 0 amide bonds. The van der Waals surface area contributed by atoms with Crippen LogP contribution in [0.5, 0.6) is 0 Å². The minimum absolute atomic E-state index is 0.220. The highest BCUT2D eigenvalue weighted by Gasteiger charge is 2.46. The average Bonchev–Trinajstić information content (AvgIpc) is 2.63. The second-order valence-corrected chi connectivity index (χ2v) is 11.1. The monoisotopic (exact) mass is 407 g/mol. The summed E-state index contributed by atoms with van der Waals surface area (Å²) in [5.74, 6) is 0.692. The number of rotatable bonds is 7. The van der Waals surface area contributed by atoms with Crippen molar-refractivity contribution in [3.8, 4) is 0 Å². The van der Waals surface area contributed by atoms with Gasteiger partial charge in [0.25, 0.3) is 0 Å². The van der Waals surface area contributed by atoms with Crippen molar-refractivity contribution in [2.45, 2.75) is 52.1 Å². The summed E-state index contributed by atoms with van der Waals surface area (Å²) in [6.45, 7) is 10.5. The van der Waals surface area contributed by atoms with Gasteiger partial charge in [-0.3, -0.25) is 4.90 Å². The molecule has 28 heavy (non-hydrogen) atoms. The number of benzene rings is 1. The van der Waals surface area contributed by atoms with E-state index in [9.17, 15) is 8.42 Å². The lowest BCUT2D eigenvalue weighted by molar-refractivity contribution is -0.0349. The minimum Gasteiger partial charge on any atom is -0.303 e. The Kier molecular flexibility index (Phi) is 7.18. The van der Waals surface area contributed by atoms with Crippen LogP contribution < -0.4 is 4.72 Å². The molecule has 1 N–H and O–H groups in total. The fraction of sp³-hybridized carbons (Fsp3) is 0.727. The van der Waals surface area contributed by atoms with Gasteiger partial charge in [-0.15, -0.1) is 0 Å². The van der Waals surface area contributed by atoms with Crippen LogP contribution >= 0.6 is 0 Å². The second kappa shape index (κ2) is 9.24. The molecule has 6 heteroatoms. The highest BCUT2D eigenvalue weighted by Crippen LogP contribution is 2.45. The molecular weight excluding hydrogens is 370 g/mol. The largest absolute Gasteiger partial charge is 0.303 e.